The third kappa shape index (κ3) is 2.52. The lowest BCUT2D eigenvalue weighted by atomic mass is 9.92. The van der Waals surface area contributed by atoms with E-state index in [2.05, 4.69) is 15.0 Å². The van der Waals surface area contributed by atoms with Crippen molar-refractivity contribution in [2.24, 2.45) is 17.8 Å². The number of likely N-dealkylation sites (tertiary alicyclic amines) is 1. The topological polar surface area (TPSA) is 92.6 Å². The van der Waals surface area contributed by atoms with Crippen molar-refractivity contribution in [3.05, 3.63) is 24.3 Å². The smallest absolute Gasteiger partial charge is 0.308 e. The molecular weight excluding hydrogens is 286 g/mol. The van der Waals surface area contributed by atoms with Gasteiger partial charge in [0.25, 0.3) is 0 Å². The van der Waals surface area contributed by atoms with E-state index in [1.807, 2.05) is 0 Å². The number of hydrogen-bond donors (Lipinski definition) is 1. The quantitative estimate of drug-likeness (QED) is 0.901. The minimum Gasteiger partial charge on any atom is -0.481 e. The van der Waals surface area contributed by atoms with Crippen LogP contribution >= 0.6 is 0 Å². The monoisotopic (exact) mass is 303 g/mol. The predicted octanol–water partition coefficient (Wildman–Crippen LogP) is 1.87. The Morgan fingerprint density at radius 1 is 1.41 bits per heavy atom. The number of carboxylic acids is 1. The summed E-state index contributed by atoms with van der Waals surface area (Å²) in [5.74, 6) is 1.34. The van der Waals surface area contributed by atoms with Gasteiger partial charge >= 0.3 is 5.97 Å². The summed E-state index contributed by atoms with van der Waals surface area (Å²) in [6.45, 7) is 1.83. The fourth-order valence-electron chi connectivity index (χ4n) is 3.32. The predicted molar refractivity (Wildman–Crippen MR) is 74.6 cm³/mol. The molecule has 1 aliphatic carbocycles. The molecule has 3 heterocycles. The lowest BCUT2D eigenvalue weighted by Crippen LogP contribution is -2.24. The lowest BCUT2D eigenvalue weighted by Gasteiger charge is -2.12. The maximum absolute atomic E-state index is 11.4. The highest BCUT2D eigenvalue weighted by molar-refractivity contribution is 5.71. The van der Waals surface area contributed by atoms with Gasteiger partial charge in [0.05, 0.1) is 18.7 Å². The fourth-order valence-corrected chi connectivity index (χ4v) is 3.32. The SMILES string of the molecule is O=C(O)[C@@H]1CN(Cc2nc(-c3ccco3)no2)C[C@H]1C1CC1. The zero-order valence-corrected chi connectivity index (χ0v) is 12.0. The number of carboxylic acid groups (broad SMARTS) is 1. The van der Waals surface area contributed by atoms with Crippen molar-refractivity contribution in [1.82, 2.24) is 15.0 Å². The van der Waals surface area contributed by atoms with Gasteiger partial charge in [0.15, 0.2) is 5.76 Å². The Balaban J connectivity index is 1.44. The number of carbonyl (C=O) groups is 1. The van der Waals surface area contributed by atoms with Crippen molar-refractivity contribution in [3.8, 4) is 11.6 Å². The zero-order valence-electron chi connectivity index (χ0n) is 12.0. The van der Waals surface area contributed by atoms with E-state index in [9.17, 15) is 9.90 Å². The molecule has 7 nitrogen and oxygen atoms in total. The van der Waals surface area contributed by atoms with Crippen molar-refractivity contribution < 1.29 is 18.8 Å². The molecular formula is C15H17N3O4. The molecule has 22 heavy (non-hydrogen) atoms. The lowest BCUT2D eigenvalue weighted by molar-refractivity contribution is -0.142. The highest BCUT2D eigenvalue weighted by Crippen LogP contribution is 2.44. The molecule has 2 aromatic heterocycles. The van der Waals surface area contributed by atoms with Crippen LogP contribution in [0.3, 0.4) is 0 Å². The van der Waals surface area contributed by atoms with E-state index < -0.39 is 5.97 Å². The second kappa shape index (κ2) is 5.24. The van der Waals surface area contributed by atoms with Gasteiger partial charge in [0.1, 0.15) is 0 Å². The Kier molecular flexibility index (Phi) is 3.22. The second-order valence-corrected chi connectivity index (χ2v) is 6.13. The van der Waals surface area contributed by atoms with Crippen LogP contribution in [0.4, 0.5) is 0 Å². The molecule has 2 atom stereocenters. The zero-order chi connectivity index (χ0) is 15.1. The second-order valence-electron chi connectivity index (χ2n) is 6.13. The molecule has 0 bridgehead atoms. The molecule has 1 saturated heterocycles. The van der Waals surface area contributed by atoms with Gasteiger partial charge in [-0.1, -0.05) is 5.16 Å². The van der Waals surface area contributed by atoms with E-state index in [-0.39, 0.29) is 11.8 Å². The molecule has 0 unspecified atom stereocenters. The summed E-state index contributed by atoms with van der Waals surface area (Å²) in [7, 11) is 0. The first kappa shape index (κ1) is 13.5. The molecule has 2 aromatic rings. The maximum Gasteiger partial charge on any atom is 0.308 e. The van der Waals surface area contributed by atoms with Crippen molar-refractivity contribution in [3.63, 3.8) is 0 Å². The van der Waals surface area contributed by atoms with Gasteiger partial charge in [-0.15, -0.1) is 0 Å². The number of aliphatic carboxylic acids is 1. The first-order valence-electron chi connectivity index (χ1n) is 7.52. The summed E-state index contributed by atoms with van der Waals surface area (Å²) >= 11 is 0. The average molecular weight is 303 g/mol. The molecule has 7 heteroatoms. The molecule has 1 aliphatic heterocycles. The van der Waals surface area contributed by atoms with Crippen LogP contribution in [0.15, 0.2) is 27.3 Å². The minimum atomic E-state index is -0.693. The van der Waals surface area contributed by atoms with Gasteiger partial charge in [-0.05, 0) is 36.8 Å². The van der Waals surface area contributed by atoms with Crippen molar-refractivity contribution in [1.29, 1.82) is 0 Å². The Hall–Kier alpha value is -2.15. The Bertz CT molecular complexity index is 662. The van der Waals surface area contributed by atoms with E-state index in [4.69, 9.17) is 8.94 Å². The van der Waals surface area contributed by atoms with E-state index in [0.717, 1.165) is 19.4 Å². The minimum absolute atomic E-state index is 0.255. The summed E-state index contributed by atoms with van der Waals surface area (Å²) in [5.41, 5.74) is 0. The summed E-state index contributed by atoms with van der Waals surface area (Å²) < 4.78 is 10.5. The third-order valence-electron chi connectivity index (χ3n) is 4.55. The number of nitrogens with zero attached hydrogens (tertiary/aromatic N) is 3. The van der Waals surface area contributed by atoms with Crippen molar-refractivity contribution in [2.45, 2.75) is 19.4 Å². The summed E-state index contributed by atoms with van der Waals surface area (Å²) in [5, 5.41) is 13.3. The standard InChI is InChI=1S/C15H17N3O4/c19-15(20)11-7-18(6-10(11)9-3-4-9)8-13-16-14(17-22-13)12-2-1-5-21-12/h1-2,5,9-11H,3-4,6-8H2,(H,19,20)/t10-,11+/m0/s1. The van der Waals surface area contributed by atoms with Gasteiger partial charge in [0, 0.05) is 13.1 Å². The van der Waals surface area contributed by atoms with E-state index in [0.29, 0.717) is 36.5 Å². The van der Waals surface area contributed by atoms with Gasteiger partial charge in [0.2, 0.25) is 11.7 Å². The molecule has 0 radical (unpaired) electrons. The molecule has 1 saturated carbocycles. The van der Waals surface area contributed by atoms with Crippen LogP contribution in [0.2, 0.25) is 0 Å². The first-order valence-corrected chi connectivity index (χ1v) is 7.52. The van der Waals surface area contributed by atoms with Crippen LogP contribution in [-0.2, 0) is 11.3 Å². The van der Waals surface area contributed by atoms with E-state index in [1.165, 1.54) is 0 Å². The van der Waals surface area contributed by atoms with E-state index >= 15 is 0 Å². The molecule has 1 N–H and O–H groups in total. The van der Waals surface area contributed by atoms with Crippen LogP contribution < -0.4 is 0 Å². The molecule has 2 fully saturated rings. The summed E-state index contributed by atoms with van der Waals surface area (Å²) in [4.78, 5) is 17.8. The Morgan fingerprint density at radius 2 is 2.27 bits per heavy atom. The van der Waals surface area contributed by atoms with Crippen molar-refractivity contribution >= 4 is 5.97 Å². The molecule has 116 valence electrons. The van der Waals surface area contributed by atoms with Crippen molar-refractivity contribution in [2.75, 3.05) is 13.1 Å². The highest BCUT2D eigenvalue weighted by atomic mass is 16.5. The van der Waals surface area contributed by atoms with E-state index in [1.54, 1.807) is 18.4 Å². The summed E-state index contributed by atoms with van der Waals surface area (Å²) in [6, 6.07) is 3.54. The van der Waals surface area contributed by atoms with Gasteiger partial charge in [-0.25, -0.2) is 0 Å². The van der Waals surface area contributed by atoms with Crippen LogP contribution in [0.1, 0.15) is 18.7 Å². The third-order valence-corrected chi connectivity index (χ3v) is 4.55. The van der Waals surface area contributed by atoms with Crippen LogP contribution in [-0.4, -0.2) is 39.2 Å². The summed E-state index contributed by atoms with van der Waals surface area (Å²) in [6.07, 6.45) is 3.88. The fraction of sp³-hybridized carbons (Fsp3) is 0.533. The Morgan fingerprint density at radius 3 is 2.95 bits per heavy atom. The molecule has 0 amide bonds. The van der Waals surface area contributed by atoms with Crippen LogP contribution in [0.5, 0.6) is 0 Å². The average Bonchev–Trinajstić information content (AvgIpc) is 2.96. The van der Waals surface area contributed by atoms with Crippen LogP contribution in [0, 0.1) is 17.8 Å². The maximum atomic E-state index is 11.4. The largest absolute Gasteiger partial charge is 0.481 e. The first-order chi connectivity index (χ1) is 10.7. The molecule has 4 rings (SSSR count). The van der Waals surface area contributed by atoms with Gasteiger partial charge in [-0.3, -0.25) is 9.69 Å². The number of hydrogen-bond acceptors (Lipinski definition) is 6. The molecule has 0 spiro atoms. The van der Waals surface area contributed by atoms with Gasteiger partial charge < -0.3 is 14.0 Å². The number of furan rings is 1. The number of aromatic nitrogens is 2. The highest BCUT2D eigenvalue weighted by Gasteiger charge is 2.45. The number of rotatable bonds is 5. The normalized spacial score (nSPS) is 25.6. The Labute approximate surface area is 126 Å². The molecule has 0 aromatic carbocycles. The molecule has 2 aliphatic rings. The van der Waals surface area contributed by atoms with Crippen LogP contribution in [0.25, 0.3) is 11.6 Å². The van der Waals surface area contributed by atoms with Gasteiger partial charge in [-0.2, -0.15) is 4.98 Å².